The van der Waals surface area contributed by atoms with Crippen molar-refractivity contribution >= 4 is 11.2 Å². The van der Waals surface area contributed by atoms with Crippen LogP contribution in [0, 0.1) is 12.3 Å². The number of nitrogens with two attached hydrogens (primary N) is 1. The Balaban J connectivity index is 2.12. The lowest BCUT2D eigenvalue weighted by Crippen LogP contribution is -2.28. The van der Waals surface area contributed by atoms with Gasteiger partial charge in [0.15, 0.2) is 5.65 Å². The first-order valence-electron chi connectivity index (χ1n) is 6.41. The molecule has 2 aromatic heterocycles. The summed E-state index contributed by atoms with van der Waals surface area (Å²) in [5.74, 6) is 0.930. The van der Waals surface area contributed by atoms with Crippen LogP contribution in [0.25, 0.3) is 11.2 Å². The van der Waals surface area contributed by atoms with E-state index < -0.39 is 0 Å². The van der Waals surface area contributed by atoms with Crippen molar-refractivity contribution < 1.29 is 0 Å². The van der Waals surface area contributed by atoms with Gasteiger partial charge in [-0.1, -0.05) is 20.8 Å². The Hall–Kier alpha value is -1.42. The van der Waals surface area contributed by atoms with Gasteiger partial charge in [0.25, 0.3) is 0 Å². The zero-order chi connectivity index (χ0) is 13.3. The Bertz CT molecular complexity index is 536. The third kappa shape index (κ3) is 3.29. The van der Waals surface area contributed by atoms with Gasteiger partial charge in [-0.3, -0.25) is 0 Å². The lowest BCUT2D eigenvalue weighted by atomic mass is 9.87. The average molecular weight is 246 g/mol. The van der Waals surface area contributed by atoms with Crippen molar-refractivity contribution in [3.63, 3.8) is 0 Å². The summed E-state index contributed by atoms with van der Waals surface area (Å²) in [7, 11) is 0. The first-order valence-corrected chi connectivity index (χ1v) is 6.41. The second kappa shape index (κ2) is 4.69. The smallest absolute Gasteiger partial charge is 0.177 e. The van der Waals surface area contributed by atoms with E-state index in [9.17, 15) is 0 Å². The number of aryl methyl sites for hydroxylation is 1. The molecule has 98 valence electrons. The average Bonchev–Trinajstić information content (AvgIpc) is 2.55. The number of rotatable bonds is 3. The highest BCUT2D eigenvalue weighted by Crippen LogP contribution is 2.21. The normalized spacial score (nSPS) is 14.1. The predicted octanol–water partition coefficient (Wildman–Crippen LogP) is 2.57. The molecule has 0 fully saturated rings. The van der Waals surface area contributed by atoms with Gasteiger partial charge in [0, 0.05) is 18.2 Å². The van der Waals surface area contributed by atoms with Crippen molar-refractivity contribution in [1.82, 2.24) is 15.0 Å². The van der Waals surface area contributed by atoms with Crippen molar-refractivity contribution in [3.05, 3.63) is 23.7 Å². The number of nitrogens with one attached hydrogen (secondary N) is 1. The fraction of sp³-hybridized carbons (Fsp3) is 0.571. The molecule has 1 atom stereocenters. The molecule has 0 saturated heterocycles. The molecule has 0 aromatic carbocycles. The summed E-state index contributed by atoms with van der Waals surface area (Å²) in [6, 6.07) is 4.13. The summed E-state index contributed by atoms with van der Waals surface area (Å²) in [4.78, 5) is 12.2. The number of pyridine rings is 1. The van der Waals surface area contributed by atoms with Crippen LogP contribution >= 0.6 is 0 Å². The largest absolute Gasteiger partial charge is 0.341 e. The van der Waals surface area contributed by atoms with E-state index in [1.165, 1.54) is 0 Å². The Morgan fingerprint density at radius 2 is 2.00 bits per heavy atom. The van der Waals surface area contributed by atoms with E-state index in [0.717, 1.165) is 35.5 Å². The summed E-state index contributed by atoms with van der Waals surface area (Å²) >= 11 is 0. The highest BCUT2D eigenvalue weighted by atomic mass is 15.0. The van der Waals surface area contributed by atoms with Crippen LogP contribution in [0.3, 0.4) is 0 Å². The number of aromatic nitrogens is 3. The van der Waals surface area contributed by atoms with Gasteiger partial charge in [-0.25, -0.2) is 9.97 Å². The fourth-order valence-corrected chi connectivity index (χ4v) is 2.24. The standard InChI is InChI=1S/C14H22N4/c1-9-5-6-11-13(16-9)18-12(17-11)7-10(15)8-14(2,3)4/h5-6,10H,7-8,15H2,1-4H3,(H,16,17,18). The first-order chi connectivity index (χ1) is 8.33. The molecule has 2 heterocycles. The second-order valence-corrected chi connectivity index (χ2v) is 6.24. The topological polar surface area (TPSA) is 67.6 Å². The number of hydrogen-bond donors (Lipinski definition) is 2. The van der Waals surface area contributed by atoms with Gasteiger partial charge in [0.05, 0.1) is 5.52 Å². The molecule has 0 aliphatic rings. The minimum atomic E-state index is 0.131. The van der Waals surface area contributed by atoms with Gasteiger partial charge in [-0.05, 0) is 30.9 Å². The van der Waals surface area contributed by atoms with E-state index in [4.69, 9.17) is 5.73 Å². The third-order valence-electron chi connectivity index (χ3n) is 2.86. The Kier molecular flexibility index (Phi) is 3.39. The van der Waals surface area contributed by atoms with E-state index in [1.807, 2.05) is 19.1 Å². The van der Waals surface area contributed by atoms with E-state index in [0.29, 0.717) is 0 Å². The number of imidazole rings is 1. The SMILES string of the molecule is Cc1ccc2[nH]c(CC(N)CC(C)(C)C)nc2n1. The van der Waals surface area contributed by atoms with Gasteiger partial charge >= 0.3 is 0 Å². The monoisotopic (exact) mass is 246 g/mol. The summed E-state index contributed by atoms with van der Waals surface area (Å²) in [6.07, 6.45) is 1.75. The molecule has 0 aliphatic carbocycles. The van der Waals surface area contributed by atoms with Crippen LogP contribution in [0.1, 0.15) is 38.7 Å². The minimum Gasteiger partial charge on any atom is -0.341 e. The summed E-state index contributed by atoms with van der Waals surface area (Å²) in [6.45, 7) is 8.59. The molecule has 0 aliphatic heterocycles. The summed E-state index contributed by atoms with van der Waals surface area (Å²) < 4.78 is 0. The van der Waals surface area contributed by atoms with Crippen molar-refractivity contribution in [3.8, 4) is 0 Å². The maximum absolute atomic E-state index is 6.16. The van der Waals surface area contributed by atoms with Crippen LogP contribution in [-0.4, -0.2) is 21.0 Å². The van der Waals surface area contributed by atoms with Gasteiger partial charge in [0.1, 0.15) is 5.82 Å². The Morgan fingerprint density at radius 1 is 1.28 bits per heavy atom. The van der Waals surface area contributed by atoms with Crippen molar-refractivity contribution in [2.24, 2.45) is 11.1 Å². The van der Waals surface area contributed by atoms with Crippen molar-refractivity contribution in [2.75, 3.05) is 0 Å². The number of fused-ring (bicyclic) bond motifs is 1. The molecule has 3 N–H and O–H groups in total. The summed E-state index contributed by atoms with van der Waals surface area (Å²) in [5.41, 5.74) is 9.17. The van der Waals surface area contributed by atoms with Crippen LogP contribution in [0.4, 0.5) is 0 Å². The Morgan fingerprint density at radius 3 is 2.67 bits per heavy atom. The van der Waals surface area contributed by atoms with Gasteiger partial charge < -0.3 is 10.7 Å². The number of nitrogens with zero attached hydrogens (tertiary/aromatic N) is 2. The molecule has 0 amide bonds. The lowest BCUT2D eigenvalue weighted by Gasteiger charge is -2.22. The fourth-order valence-electron chi connectivity index (χ4n) is 2.24. The van der Waals surface area contributed by atoms with E-state index in [1.54, 1.807) is 0 Å². The van der Waals surface area contributed by atoms with Crippen molar-refractivity contribution in [1.29, 1.82) is 0 Å². The molecule has 18 heavy (non-hydrogen) atoms. The zero-order valence-corrected chi connectivity index (χ0v) is 11.6. The number of hydrogen-bond acceptors (Lipinski definition) is 3. The minimum absolute atomic E-state index is 0.131. The molecule has 2 aromatic rings. The van der Waals surface area contributed by atoms with E-state index in [-0.39, 0.29) is 11.5 Å². The van der Waals surface area contributed by atoms with Gasteiger partial charge in [-0.15, -0.1) is 0 Å². The van der Waals surface area contributed by atoms with Crippen LogP contribution < -0.4 is 5.73 Å². The van der Waals surface area contributed by atoms with Crippen LogP contribution in [0.2, 0.25) is 0 Å². The lowest BCUT2D eigenvalue weighted by molar-refractivity contribution is 0.337. The molecule has 2 rings (SSSR count). The molecular formula is C14H22N4. The molecule has 1 unspecified atom stereocenters. The highest BCUT2D eigenvalue weighted by molar-refractivity contribution is 5.70. The Labute approximate surface area is 108 Å². The molecule has 4 nitrogen and oxygen atoms in total. The molecule has 0 bridgehead atoms. The van der Waals surface area contributed by atoms with E-state index >= 15 is 0 Å². The van der Waals surface area contributed by atoms with Crippen LogP contribution in [0.15, 0.2) is 12.1 Å². The highest BCUT2D eigenvalue weighted by Gasteiger charge is 2.17. The zero-order valence-electron chi connectivity index (χ0n) is 11.6. The number of aromatic amines is 1. The maximum atomic E-state index is 6.16. The number of H-pyrrole nitrogens is 1. The predicted molar refractivity (Wildman–Crippen MR) is 74.4 cm³/mol. The molecule has 0 spiro atoms. The van der Waals surface area contributed by atoms with E-state index in [2.05, 4.69) is 35.7 Å². The van der Waals surface area contributed by atoms with Crippen molar-refractivity contribution in [2.45, 2.75) is 46.6 Å². The van der Waals surface area contributed by atoms with Gasteiger partial charge in [-0.2, -0.15) is 0 Å². The third-order valence-corrected chi connectivity index (χ3v) is 2.86. The quantitative estimate of drug-likeness (QED) is 0.874. The van der Waals surface area contributed by atoms with Crippen LogP contribution in [0.5, 0.6) is 0 Å². The second-order valence-electron chi connectivity index (χ2n) is 6.24. The molecular weight excluding hydrogens is 224 g/mol. The first kappa shape index (κ1) is 13.0. The molecule has 4 heteroatoms. The van der Waals surface area contributed by atoms with Crippen LogP contribution in [-0.2, 0) is 6.42 Å². The summed E-state index contributed by atoms with van der Waals surface area (Å²) in [5, 5.41) is 0. The molecule has 0 saturated carbocycles. The molecule has 0 radical (unpaired) electrons. The van der Waals surface area contributed by atoms with Gasteiger partial charge in [0.2, 0.25) is 0 Å². The maximum Gasteiger partial charge on any atom is 0.177 e.